The summed E-state index contributed by atoms with van der Waals surface area (Å²) >= 11 is 7.76. The number of aromatic amines is 1. The van der Waals surface area contributed by atoms with Gasteiger partial charge in [-0.05, 0) is 34.0 Å². The first kappa shape index (κ1) is 21.1. The number of benzene rings is 5. The van der Waals surface area contributed by atoms with Crippen molar-refractivity contribution in [1.29, 1.82) is 0 Å². The molecule has 0 atom stereocenters. The topological polar surface area (TPSA) is 80.5 Å². The molecular formula is C29H18ClN5S. The Balaban J connectivity index is 1.32. The largest absolute Gasteiger partial charge is 0.374 e. The Morgan fingerprint density at radius 3 is 2.06 bits per heavy atom. The zero-order chi connectivity index (χ0) is 24.2. The number of nitrogens with one attached hydrogen (secondary N) is 1. The Bertz CT molecular complexity index is 1850. The molecule has 0 amide bonds. The van der Waals surface area contributed by atoms with E-state index in [1.54, 1.807) is 0 Å². The average molecular weight is 504 g/mol. The highest BCUT2D eigenvalue weighted by molar-refractivity contribution is 7.18. The quantitative estimate of drug-likeness (QED) is 0.240. The van der Waals surface area contributed by atoms with Gasteiger partial charge >= 0.3 is 0 Å². The number of hydrogen-bond donors (Lipinski definition) is 2. The van der Waals surface area contributed by atoms with Crippen LogP contribution in [0.3, 0.4) is 0 Å². The second-order valence-corrected chi connectivity index (χ2v) is 10.0. The van der Waals surface area contributed by atoms with E-state index in [2.05, 4.69) is 88.0 Å². The van der Waals surface area contributed by atoms with Gasteiger partial charge in [0.2, 0.25) is 5.13 Å². The molecule has 36 heavy (non-hydrogen) atoms. The Kier molecular flexibility index (Phi) is 4.77. The molecule has 5 nitrogen and oxygen atoms in total. The van der Waals surface area contributed by atoms with Crippen LogP contribution in [0.4, 0.5) is 5.13 Å². The maximum absolute atomic E-state index is 6.44. The van der Waals surface area contributed by atoms with Gasteiger partial charge in [0.25, 0.3) is 0 Å². The standard InChI is InChI=1S/C29H18ClN5S/c30-24-14-13-18(15-23(24)28-34-35-29(31)36-28)16-9-11-17(12-10-16)27-32-25-21-7-3-1-5-19(21)20-6-2-4-8-22(20)26(25)33-27/h1-15H,(H2,31,35)(H,32,33). The molecular weight excluding hydrogens is 486 g/mol. The number of nitrogens with two attached hydrogens (primary N) is 1. The highest BCUT2D eigenvalue weighted by Gasteiger charge is 2.14. The SMILES string of the molecule is Nc1nnc(-c2cc(-c3ccc(-c4nc5c6ccccc6c6ccccc6c5[nH]4)cc3)ccc2Cl)s1. The van der Waals surface area contributed by atoms with Gasteiger partial charge in [0.1, 0.15) is 5.82 Å². The molecule has 0 saturated carbocycles. The van der Waals surface area contributed by atoms with Crippen LogP contribution in [0.1, 0.15) is 0 Å². The van der Waals surface area contributed by atoms with Crippen LogP contribution in [0.25, 0.3) is 65.7 Å². The monoisotopic (exact) mass is 503 g/mol. The third kappa shape index (κ3) is 3.34. The molecule has 2 heterocycles. The van der Waals surface area contributed by atoms with E-state index in [4.69, 9.17) is 22.3 Å². The lowest BCUT2D eigenvalue weighted by Crippen LogP contribution is -1.85. The number of nitrogen functional groups attached to an aromatic ring is 1. The molecule has 0 fully saturated rings. The van der Waals surface area contributed by atoms with Gasteiger partial charge in [0.15, 0.2) is 5.01 Å². The number of fused-ring (bicyclic) bond motifs is 6. The Hall–Kier alpha value is -4.26. The normalized spacial score (nSPS) is 11.6. The number of hydrogen-bond acceptors (Lipinski definition) is 5. The van der Waals surface area contributed by atoms with Crippen LogP contribution in [-0.4, -0.2) is 20.2 Å². The van der Waals surface area contributed by atoms with Crippen molar-refractivity contribution < 1.29 is 0 Å². The summed E-state index contributed by atoms with van der Waals surface area (Å²) in [4.78, 5) is 8.63. The van der Waals surface area contributed by atoms with E-state index >= 15 is 0 Å². The first-order chi connectivity index (χ1) is 17.7. The van der Waals surface area contributed by atoms with Gasteiger partial charge < -0.3 is 10.7 Å². The number of nitrogens with zero attached hydrogens (tertiary/aromatic N) is 3. The zero-order valence-corrected chi connectivity index (χ0v) is 20.4. The predicted octanol–water partition coefficient (Wildman–Crippen LogP) is 7.96. The van der Waals surface area contributed by atoms with Crippen molar-refractivity contribution in [1.82, 2.24) is 20.2 Å². The minimum atomic E-state index is 0.419. The van der Waals surface area contributed by atoms with Crippen LogP contribution < -0.4 is 5.73 Å². The van der Waals surface area contributed by atoms with Crippen molar-refractivity contribution in [2.24, 2.45) is 0 Å². The highest BCUT2D eigenvalue weighted by Crippen LogP contribution is 2.37. The molecule has 3 N–H and O–H groups in total. The molecule has 7 aromatic rings. The summed E-state index contributed by atoms with van der Waals surface area (Å²) in [6, 6.07) is 31.2. The maximum atomic E-state index is 6.44. The van der Waals surface area contributed by atoms with Crippen LogP contribution in [0, 0.1) is 0 Å². The number of aromatic nitrogens is 4. The third-order valence-corrected chi connectivity index (χ3v) is 7.62. The first-order valence-electron chi connectivity index (χ1n) is 11.4. The fourth-order valence-corrected chi connectivity index (χ4v) is 5.70. The summed E-state index contributed by atoms with van der Waals surface area (Å²) in [5, 5.41) is 14.6. The predicted molar refractivity (Wildman–Crippen MR) is 150 cm³/mol. The Morgan fingerprint density at radius 2 is 1.33 bits per heavy atom. The molecule has 2 aromatic heterocycles. The third-order valence-electron chi connectivity index (χ3n) is 6.50. The molecule has 7 rings (SSSR count). The maximum Gasteiger partial charge on any atom is 0.203 e. The average Bonchev–Trinajstić information content (AvgIpc) is 3.56. The number of rotatable bonds is 3. The van der Waals surface area contributed by atoms with Crippen LogP contribution in [0.15, 0.2) is 91.0 Å². The van der Waals surface area contributed by atoms with Gasteiger partial charge in [-0.15, -0.1) is 10.2 Å². The second-order valence-electron chi connectivity index (χ2n) is 8.62. The first-order valence-corrected chi connectivity index (χ1v) is 12.6. The highest BCUT2D eigenvalue weighted by atomic mass is 35.5. The van der Waals surface area contributed by atoms with E-state index in [0.29, 0.717) is 15.2 Å². The molecule has 0 spiro atoms. The van der Waals surface area contributed by atoms with Gasteiger partial charge in [-0.2, -0.15) is 0 Å². The summed E-state index contributed by atoms with van der Waals surface area (Å²) in [6.07, 6.45) is 0. The summed E-state index contributed by atoms with van der Waals surface area (Å²) < 4.78 is 0. The van der Waals surface area contributed by atoms with Crippen LogP contribution in [0.2, 0.25) is 5.02 Å². The van der Waals surface area contributed by atoms with Crippen LogP contribution in [0.5, 0.6) is 0 Å². The molecule has 0 bridgehead atoms. The van der Waals surface area contributed by atoms with E-state index in [1.165, 1.54) is 27.5 Å². The molecule has 0 radical (unpaired) electrons. The molecule has 0 aliphatic heterocycles. The molecule has 7 heteroatoms. The lowest BCUT2D eigenvalue weighted by Gasteiger charge is -2.07. The molecule has 0 unspecified atom stereocenters. The van der Waals surface area contributed by atoms with Gasteiger partial charge in [0, 0.05) is 21.9 Å². The van der Waals surface area contributed by atoms with Crippen LogP contribution in [-0.2, 0) is 0 Å². The molecule has 0 saturated heterocycles. The summed E-state index contributed by atoms with van der Waals surface area (Å²) in [5.41, 5.74) is 11.8. The van der Waals surface area contributed by atoms with Crippen molar-refractivity contribution in [2.75, 3.05) is 5.73 Å². The Morgan fingerprint density at radius 1 is 0.694 bits per heavy atom. The summed E-state index contributed by atoms with van der Waals surface area (Å²) in [7, 11) is 0. The van der Waals surface area contributed by atoms with Gasteiger partial charge in [-0.3, -0.25) is 0 Å². The van der Waals surface area contributed by atoms with Gasteiger partial charge in [0.05, 0.1) is 16.1 Å². The number of halogens is 1. The molecule has 5 aromatic carbocycles. The zero-order valence-electron chi connectivity index (χ0n) is 18.9. The van der Waals surface area contributed by atoms with E-state index in [0.717, 1.165) is 44.5 Å². The molecule has 172 valence electrons. The Labute approximate surface area is 215 Å². The lowest BCUT2D eigenvalue weighted by molar-refractivity contribution is 1.10. The summed E-state index contributed by atoms with van der Waals surface area (Å²) in [5.74, 6) is 0.846. The van der Waals surface area contributed by atoms with Crippen molar-refractivity contribution in [3.8, 4) is 33.1 Å². The van der Waals surface area contributed by atoms with Crippen molar-refractivity contribution >= 4 is 60.6 Å². The van der Waals surface area contributed by atoms with E-state index in [-0.39, 0.29) is 0 Å². The number of anilines is 1. The minimum Gasteiger partial charge on any atom is -0.374 e. The van der Waals surface area contributed by atoms with Gasteiger partial charge in [-0.25, -0.2) is 4.98 Å². The second kappa shape index (κ2) is 8.16. The van der Waals surface area contributed by atoms with E-state index in [1.807, 2.05) is 18.2 Å². The molecule has 0 aliphatic rings. The van der Waals surface area contributed by atoms with E-state index in [9.17, 15) is 0 Å². The van der Waals surface area contributed by atoms with Crippen molar-refractivity contribution in [2.45, 2.75) is 0 Å². The lowest BCUT2D eigenvalue weighted by atomic mass is 10.0. The smallest absolute Gasteiger partial charge is 0.203 e. The van der Waals surface area contributed by atoms with Crippen molar-refractivity contribution in [3.63, 3.8) is 0 Å². The minimum absolute atomic E-state index is 0.419. The van der Waals surface area contributed by atoms with Crippen molar-refractivity contribution in [3.05, 3.63) is 96.0 Å². The fraction of sp³-hybridized carbons (Fsp3) is 0. The van der Waals surface area contributed by atoms with Gasteiger partial charge in [-0.1, -0.05) is 102 Å². The molecule has 0 aliphatic carbocycles. The number of H-pyrrole nitrogens is 1. The van der Waals surface area contributed by atoms with Crippen LogP contribution >= 0.6 is 22.9 Å². The summed E-state index contributed by atoms with van der Waals surface area (Å²) in [6.45, 7) is 0. The number of imidazole rings is 1. The van der Waals surface area contributed by atoms with E-state index < -0.39 is 0 Å². The fourth-order valence-electron chi connectivity index (χ4n) is 4.79.